The predicted octanol–water partition coefficient (Wildman–Crippen LogP) is -0.175. The molecule has 112 valence electrons. The standard InChI is InChI=1S/C12H18N2O4S2/c1-19(15,16)12-4-2-11(3-5-12)10-20(17,18)14-8-6-13-7-9-14/h2-5,13H,6-10H2,1H3. The summed E-state index contributed by atoms with van der Waals surface area (Å²) in [6, 6.07) is 5.99. The molecule has 1 aliphatic heterocycles. The van der Waals surface area contributed by atoms with Gasteiger partial charge in [0.2, 0.25) is 10.0 Å². The lowest BCUT2D eigenvalue weighted by Crippen LogP contribution is -2.46. The minimum Gasteiger partial charge on any atom is -0.314 e. The number of nitrogens with zero attached hydrogens (tertiary/aromatic N) is 1. The number of hydrogen-bond acceptors (Lipinski definition) is 5. The Labute approximate surface area is 119 Å². The van der Waals surface area contributed by atoms with Gasteiger partial charge in [0.1, 0.15) is 0 Å². The Kier molecular flexibility index (Phi) is 4.48. The van der Waals surface area contributed by atoms with E-state index in [-0.39, 0.29) is 10.6 Å². The van der Waals surface area contributed by atoms with Crippen LogP contribution in [-0.2, 0) is 25.6 Å². The largest absolute Gasteiger partial charge is 0.314 e. The quantitative estimate of drug-likeness (QED) is 0.833. The van der Waals surface area contributed by atoms with Gasteiger partial charge in [-0.3, -0.25) is 0 Å². The molecule has 6 nitrogen and oxygen atoms in total. The van der Waals surface area contributed by atoms with Crippen molar-refractivity contribution >= 4 is 19.9 Å². The summed E-state index contributed by atoms with van der Waals surface area (Å²) in [6.45, 7) is 2.27. The summed E-state index contributed by atoms with van der Waals surface area (Å²) in [7, 11) is -6.59. The van der Waals surface area contributed by atoms with Crippen LogP contribution in [0.4, 0.5) is 0 Å². The number of hydrogen-bond donors (Lipinski definition) is 1. The molecule has 1 N–H and O–H groups in total. The molecule has 8 heteroatoms. The Bertz CT molecular complexity index is 660. The lowest BCUT2D eigenvalue weighted by molar-refractivity contribution is 0.360. The maximum atomic E-state index is 12.2. The zero-order valence-electron chi connectivity index (χ0n) is 11.2. The van der Waals surface area contributed by atoms with Gasteiger partial charge in [0.05, 0.1) is 10.6 Å². The van der Waals surface area contributed by atoms with Gasteiger partial charge in [0.15, 0.2) is 9.84 Å². The molecule has 0 radical (unpaired) electrons. The summed E-state index contributed by atoms with van der Waals surface area (Å²) in [6.07, 6.45) is 1.12. The highest BCUT2D eigenvalue weighted by atomic mass is 32.2. The molecule has 0 aromatic heterocycles. The van der Waals surface area contributed by atoms with Crippen molar-refractivity contribution in [2.75, 3.05) is 32.4 Å². The highest BCUT2D eigenvalue weighted by molar-refractivity contribution is 7.90. The molecule has 0 spiro atoms. The van der Waals surface area contributed by atoms with Crippen LogP contribution in [0.5, 0.6) is 0 Å². The highest BCUT2D eigenvalue weighted by Gasteiger charge is 2.24. The van der Waals surface area contributed by atoms with E-state index in [1.165, 1.54) is 16.4 Å². The first-order valence-electron chi connectivity index (χ1n) is 6.26. The third-order valence-electron chi connectivity index (χ3n) is 3.17. The van der Waals surface area contributed by atoms with Gasteiger partial charge >= 0.3 is 0 Å². The Balaban J connectivity index is 2.13. The lowest BCUT2D eigenvalue weighted by Gasteiger charge is -2.26. The van der Waals surface area contributed by atoms with Crippen molar-refractivity contribution in [3.05, 3.63) is 29.8 Å². The Morgan fingerprint density at radius 2 is 1.60 bits per heavy atom. The van der Waals surface area contributed by atoms with E-state index >= 15 is 0 Å². The third-order valence-corrected chi connectivity index (χ3v) is 6.15. The molecular weight excluding hydrogens is 300 g/mol. The van der Waals surface area contributed by atoms with E-state index in [9.17, 15) is 16.8 Å². The van der Waals surface area contributed by atoms with Gasteiger partial charge in [-0.2, -0.15) is 4.31 Å². The predicted molar refractivity (Wildman–Crippen MR) is 76.6 cm³/mol. The number of sulfonamides is 1. The van der Waals surface area contributed by atoms with Crippen LogP contribution in [0.3, 0.4) is 0 Å². The maximum Gasteiger partial charge on any atom is 0.218 e. The molecule has 0 bridgehead atoms. The smallest absolute Gasteiger partial charge is 0.218 e. The van der Waals surface area contributed by atoms with Gasteiger partial charge < -0.3 is 5.32 Å². The zero-order valence-corrected chi connectivity index (χ0v) is 12.9. The van der Waals surface area contributed by atoms with Gasteiger partial charge in [-0.25, -0.2) is 16.8 Å². The van der Waals surface area contributed by atoms with E-state index in [0.29, 0.717) is 31.7 Å². The van der Waals surface area contributed by atoms with Crippen molar-refractivity contribution < 1.29 is 16.8 Å². The summed E-state index contributed by atoms with van der Waals surface area (Å²) in [5.74, 6) is -0.100. The van der Waals surface area contributed by atoms with E-state index in [1.807, 2.05) is 0 Å². The molecule has 1 saturated heterocycles. The fourth-order valence-electron chi connectivity index (χ4n) is 2.06. The molecule has 0 unspecified atom stereocenters. The van der Waals surface area contributed by atoms with Gasteiger partial charge in [0, 0.05) is 32.4 Å². The molecule has 20 heavy (non-hydrogen) atoms. The molecule has 0 amide bonds. The average Bonchev–Trinajstić information content (AvgIpc) is 2.39. The molecule has 0 saturated carbocycles. The van der Waals surface area contributed by atoms with Crippen LogP contribution in [0.1, 0.15) is 5.56 Å². The second-order valence-corrected chi connectivity index (χ2v) is 8.81. The van der Waals surface area contributed by atoms with E-state index in [2.05, 4.69) is 5.32 Å². The second kappa shape index (κ2) is 5.80. The van der Waals surface area contributed by atoms with Gasteiger partial charge in [-0.15, -0.1) is 0 Å². The SMILES string of the molecule is CS(=O)(=O)c1ccc(CS(=O)(=O)N2CCNCC2)cc1. The molecule has 2 rings (SSSR count). The number of sulfone groups is 1. The third kappa shape index (κ3) is 3.78. The van der Waals surface area contributed by atoms with E-state index < -0.39 is 19.9 Å². The topological polar surface area (TPSA) is 83.5 Å². The Hall–Kier alpha value is -0.960. The summed E-state index contributed by atoms with van der Waals surface area (Å²) < 4.78 is 48.6. The van der Waals surface area contributed by atoms with Crippen molar-refractivity contribution in [3.63, 3.8) is 0 Å². The van der Waals surface area contributed by atoms with Crippen LogP contribution >= 0.6 is 0 Å². The first-order valence-corrected chi connectivity index (χ1v) is 9.77. The summed E-state index contributed by atoms with van der Waals surface area (Å²) >= 11 is 0. The number of piperazine rings is 1. The van der Waals surface area contributed by atoms with Crippen molar-refractivity contribution in [1.82, 2.24) is 9.62 Å². The molecule has 0 aliphatic carbocycles. The maximum absolute atomic E-state index is 12.2. The highest BCUT2D eigenvalue weighted by Crippen LogP contribution is 2.15. The first-order chi connectivity index (χ1) is 9.29. The van der Waals surface area contributed by atoms with Crippen LogP contribution in [0, 0.1) is 0 Å². The second-order valence-electron chi connectivity index (χ2n) is 4.82. The Morgan fingerprint density at radius 3 is 2.10 bits per heavy atom. The van der Waals surface area contributed by atoms with Gasteiger partial charge in [0.25, 0.3) is 0 Å². The zero-order chi connectivity index (χ0) is 14.8. The normalized spacial score (nSPS) is 18.1. The average molecular weight is 318 g/mol. The molecule has 1 fully saturated rings. The van der Waals surface area contributed by atoms with Crippen LogP contribution in [0.25, 0.3) is 0 Å². The summed E-state index contributed by atoms with van der Waals surface area (Å²) in [5, 5.41) is 3.10. The molecule has 1 heterocycles. The molecular formula is C12H18N2O4S2. The van der Waals surface area contributed by atoms with Crippen molar-refractivity contribution in [2.45, 2.75) is 10.6 Å². The van der Waals surface area contributed by atoms with Gasteiger partial charge in [-0.05, 0) is 17.7 Å². The molecule has 0 atom stereocenters. The minimum atomic E-state index is -3.34. The van der Waals surface area contributed by atoms with Crippen LogP contribution in [-0.4, -0.2) is 53.6 Å². The molecule has 1 aromatic rings. The molecule has 1 aliphatic rings. The summed E-state index contributed by atoms with van der Waals surface area (Å²) in [5.41, 5.74) is 0.593. The van der Waals surface area contributed by atoms with E-state index in [4.69, 9.17) is 0 Å². The first kappa shape index (κ1) is 15.4. The fourth-order valence-corrected chi connectivity index (χ4v) is 4.22. The van der Waals surface area contributed by atoms with Crippen molar-refractivity contribution in [3.8, 4) is 0 Å². The number of nitrogens with one attached hydrogen (secondary N) is 1. The van der Waals surface area contributed by atoms with E-state index in [0.717, 1.165) is 6.26 Å². The lowest BCUT2D eigenvalue weighted by atomic mass is 10.2. The Morgan fingerprint density at radius 1 is 1.05 bits per heavy atom. The number of benzene rings is 1. The van der Waals surface area contributed by atoms with Crippen molar-refractivity contribution in [2.24, 2.45) is 0 Å². The summed E-state index contributed by atoms with van der Waals surface area (Å²) in [4.78, 5) is 0.195. The van der Waals surface area contributed by atoms with Crippen LogP contribution < -0.4 is 5.32 Å². The van der Waals surface area contributed by atoms with Crippen molar-refractivity contribution in [1.29, 1.82) is 0 Å². The molecule has 1 aromatic carbocycles. The number of rotatable bonds is 4. The van der Waals surface area contributed by atoms with Crippen LogP contribution in [0.2, 0.25) is 0 Å². The van der Waals surface area contributed by atoms with Gasteiger partial charge in [-0.1, -0.05) is 12.1 Å². The van der Waals surface area contributed by atoms with Crippen LogP contribution in [0.15, 0.2) is 29.2 Å². The van der Waals surface area contributed by atoms with E-state index in [1.54, 1.807) is 12.1 Å². The minimum absolute atomic E-state index is 0.100. The fraction of sp³-hybridized carbons (Fsp3) is 0.500. The monoisotopic (exact) mass is 318 g/mol.